The average molecular weight is 241 g/mol. The second kappa shape index (κ2) is 4.69. The van der Waals surface area contributed by atoms with Crippen LogP contribution in [0.2, 0.25) is 0 Å². The number of methoxy groups -OCH3 is 1. The Hall–Kier alpha value is -0.650. The van der Waals surface area contributed by atoms with Gasteiger partial charge in [0.15, 0.2) is 5.13 Å². The van der Waals surface area contributed by atoms with E-state index >= 15 is 0 Å². The van der Waals surface area contributed by atoms with Crippen molar-refractivity contribution in [2.24, 2.45) is 5.73 Å². The fraction of sp³-hybridized carbons (Fsp3) is 0.727. The van der Waals surface area contributed by atoms with Gasteiger partial charge >= 0.3 is 0 Å². The van der Waals surface area contributed by atoms with E-state index in [0.717, 1.165) is 30.3 Å². The van der Waals surface area contributed by atoms with Crippen molar-refractivity contribution in [3.8, 4) is 0 Å². The highest BCUT2D eigenvalue weighted by Crippen LogP contribution is 2.31. The molecule has 0 saturated carbocycles. The summed E-state index contributed by atoms with van der Waals surface area (Å²) in [5.41, 5.74) is 6.97. The molecule has 1 fully saturated rings. The molecule has 1 aromatic heterocycles. The van der Waals surface area contributed by atoms with E-state index in [1.165, 1.54) is 4.88 Å². The van der Waals surface area contributed by atoms with Gasteiger partial charge in [-0.1, -0.05) is 0 Å². The molecule has 2 unspecified atom stereocenters. The topological polar surface area (TPSA) is 51.4 Å². The summed E-state index contributed by atoms with van der Waals surface area (Å²) in [5, 5.41) is 1.09. The molecule has 2 rings (SSSR count). The Morgan fingerprint density at radius 3 is 2.88 bits per heavy atom. The van der Waals surface area contributed by atoms with Crippen molar-refractivity contribution in [2.75, 3.05) is 25.1 Å². The fourth-order valence-electron chi connectivity index (χ4n) is 2.05. The Labute approximate surface area is 100 Å². The molecule has 2 heterocycles. The number of aromatic nitrogens is 1. The van der Waals surface area contributed by atoms with Crippen molar-refractivity contribution in [3.63, 3.8) is 0 Å². The number of thiazole rings is 1. The Balaban J connectivity index is 2.13. The predicted octanol–water partition coefficient (Wildman–Crippen LogP) is 1.70. The van der Waals surface area contributed by atoms with Crippen LogP contribution in [0.25, 0.3) is 0 Å². The van der Waals surface area contributed by atoms with E-state index in [-0.39, 0.29) is 6.04 Å². The van der Waals surface area contributed by atoms with Crippen LogP contribution >= 0.6 is 11.3 Å². The molecule has 16 heavy (non-hydrogen) atoms. The third-order valence-electron chi connectivity index (χ3n) is 2.98. The molecular weight excluding hydrogens is 222 g/mol. The van der Waals surface area contributed by atoms with Gasteiger partial charge in [-0.15, -0.1) is 11.3 Å². The van der Waals surface area contributed by atoms with Crippen LogP contribution in [0.3, 0.4) is 0 Å². The number of rotatable bonds is 3. The van der Waals surface area contributed by atoms with Crippen molar-refractivity contribution >= 4 is 16.5 Å². The molecule has 0 spiro atoms. The molecule has 1 aliphatic heterocycles. The minimum absolute atomic E-state index is 0.0760. The summed E-state index contributed by atoms with van der Waals surface area (Å²) >= 11 is 1.71. The smallest absolute Gasteiger partial charge is 0.185 e. The van der Waals surface area contributed by atoms with E-state index in [2.05, 4.69) is 9.88 Å². The lowest BCUT2D eigenvalue weighted by Crippen LogP contribution is -2.21. The normalized spacial score (nSPS) is 22.8. The molecule has 0 radical (unpaired) electrons. The standard InChI is InChI=1S/C11H19N3OS/c1-7(12)10-8(2)13-11(16-10)14-5-4-9(6-14)15-3/h7,9H,4-6,12H2,1-3H3. The third-order valence-corrected chi connectivity index (χ3v) is 4.40. The van der Waals surface area contributed by atoms with Gasteiger partial charge in [0.1, 0.15) is 0 Å². The van der Waals surface area contributed by atoms with Crippen molar-refractivity contribution in [3.05, 3.63) is 10.6 Å². The number of hydrogen-bond acceptors (Lipinski definition) is 5. The molecule has 0 aromatic carbocycles. The highest BCUT2D eigenvalue weighted by atomic mass is 32.1. The monoisotopic (exact) mass is 241 g/mol. The number of hydrogen-bond donors (Lipinski definition) is 1. The summed E-state index contributed by atoms with van der Waals surface area (Å²) in [6.07, 6.45) is 1.44. The molecule has 1 aliphatic rings. The molecule has 5 heteroatoms. The molecule has 0 amide bonds. The second-order valence-corrected chi connectivity index (χ2v) is 5.34. The Kier molecular flexibility index (Phi) is 3.47. The lowest BCUT2D eigenvalue weighted by molar-refractivity contribution is 0.121. The number of nitrogens with zero attached hydrogens (tertiary/aromatic N) is 2. The maximum Gasteiger partial charge on any atom is 0.185 e. The van der Waals surface area contributed by atoms with Crippen LogP contribution in [0.15, 0.2) is 0 Å². The summed E-state index contributed by atoms with van der Waals surface area (Å²) in [5.74, 6) is 0. The first-order chi connectivity index (χ1) is 7.61. The minimum atomic E-state index is 0.0760. The average Bonchev–Trinajstić information content (AvgIpc) is 2.83. The summed E-state index contributed by atoms with van der Waals surface area (Å²) < 4.78 is 5.36. The summed E-state index contributed by atoms with van der Waals surface area (Å²) in [4.78, 5) is 8.07. The second-order valence-electron chi connectivity index (χ2n) is 4.33. The first-order valence-electron chi connectivity index (χ1n) is 5.62. The van der Waals surface area contributed by atoms with Crippen LogP contribution in [-0.4, -0.2) is 31.3 Å². The van der Waals surface area contributed by atoms with Gasteiger partial charge in [-0.2, -0.15) is 0 Å². The molecule has 0 bridgehead atoms. The molecule has 2 N–H and O–H groups in total. The molecule has 1 saturated heterocycles. The lowest BCUT2D eigenvalue weighted by atomic mass is 10.2. The number of ether oxygens (including phenoxy) is 1. The maximum atomic E-state index is 5.91. The van der Waals surface area contributed by atoms with Crippen LogP contribution in [0, 0.1) is 6.92 Å². The molecule has 1 aromatic rings. The number of aryl methyl sites for hydroxylation is 1. The number of anilines is 1. The molecule has 0 aliphatic carbocycles. The quantitative estimate of drug-likeness (QED) is 0.875. The first kappa shape index (κ1) is 11.8. The summed E-state index contributed by atoms with van der Waals surface area (Å²) in [6, 6.07) is 0.0760. The van der Waals surface area contributed by atoms with Crippen molar-refractivity contribution in [2.45, 2.75) is 32.4 Å². The van der Waals surface area contributed by atoms with E-state index < -0.39 is 0 Å². The van der Waals surface area contributed by atoms with Gasteiger partial charge in [0.2, 0.25) is 0 Å². The van der Waals surface area contributed by atoms with Crippen molar-refractivity contribution in [1.82, 2.24) is 4.98 Å². The first-order valence-corrected chi connectivity index (χ1v) is 6.44. The van der Waals surface area contributed by atoms with E-state index in [1.54, 1.807) is 18.4 Å². The highest BCUT2D eigenvalue weighted by molar-refractivity contribution is 7.15. The largest absolute Gasteiger partial charge is 0.380 e. The van der Waals surface area contributed by atoms with Crippen molar-refractivity contribution in [1.29, 1.82) is 0 Å². The maximum absolute atomic E-state index is 5.91. The molecule has 90 valence electrons. The fourth-order valence-corrected chi connectivity index (χ4v) is 3.10. The van der Waals surface area contributed by atoms with Gasteiger partial charge in [0.25, 0.3) is 0 Å². The molecule has 4 nitrogen and oxygen atoms in total. The Morgan fingerprint density at radius 2 is 2.38 bits per heavy atom. The Bertz CT molecular complexity index is 364. The van der Waals surface area contributed by atoms with Crippen LogP contribution in [0.5, 0.6) is 0 Å². The van der Waals surface area contributed by atoms with Gasteiger partial charge in [-0.3, -0.25) is 0 Å². The lowest BCUT2D eigenvalue weighted by Gasteiger charge is -2.13. The third kappa shape index (κ3) is 2.21. The van der Waals surface area contributed by atoms with E-state index in [0.29, 0.717) is 6.10 Å². The van der Waals surface area contributed by atoms with E-state index in [9.17, 15) is 0 Å². The zero-order valence-corrected chi connectivity index (χ0v) is 10.9. The van der Waals surface area contributed by atoms with Gasteiger partial charge in [0.05, 0.1) is 11.8 Å². The molecule has 2 atom stereocenters. The van der Waals surface area contributed by atoms with Gasteiger partial charge in [-0.05, 0) is 20.3 Å². The molecular formula is C11H19N3OS. The summed E-state index contributed by atoms with van der Waals surface area (Å²) in [7, 11) is 1.77. The summed E-state index contributed by atoms with van der Waals surface area (Å²) in [6.45, 7) is 6.01. The predicted molar refractivity (Wildman–Crippen MR) is 67.1 cm³/mol. The van der Waals surface area contributed by atoms with Crippen LogP contribution in [0.1, 0.15) is 30.0 Å². The van der Waals surface area contributed by atoms with Crippen LogP contribution in [-0.2, 0) is 4.74 Å². The minimum Gasteiger partial charge on any atom is -0.380 e. The van der Waals surface area contributed by atoms with E-state index in [4.69, 9.17) is 10.5 Å². The number of nitrogens with two attached hydrogens (primary N) is 1. The van der Waals surface area contributed by atoms with Gasteiger partial charge in [-0.25, -0.2) is 4.98 Å². The van der Waals surface area contributed by atoms with Gasteiger partial charge in [0, 0.05) is 31.1 Å². The SMILES string of the molecule is COC1CCN(c2nc(C)c(C(C)N)s2)C1. The van der Waals surface area contributed by atoms with Crippen LogP contribution < -0.4 is 10.6 Å². The zero-order chi connectivity index (χ0) is 11.7. The highest BCUT2D eigenvalue weighted by Gasteiger charge is 2.25. The van der Waals surface area contributed by atoms with Crippen molar-refractivity contribution < 1.29 is 4.74 Å². The Morgan fingerprint density at radius 1 is 1.62 bits per heavy atom. The zero-order valence-electron chi connectivity index (χ0n) is 10.1. The van der Waals surface area contributed by atoms with Crippen LogP contribution in [0.4, 0.5) is 5.13 Å². The van der Waals surface area contributed by atoms with E-state index in [1.807, 2.05) is 13.8 Å². The van der Waals surface area contributed by atoms with Gasteiger partial charge < -0.3 is 15.4 Å².